The SMILES string of the molecule is O=C(O)c1cc2ccccc2c(N=Nc2ccc(S(=O)(=O)O)c(Cl)c2)c1O.O=C([O-])c1cc2ccccc2c(N=Nc2ccc(S(=O)(=O)O)c(Cl)c2)c1[O-].[Ca+2]. The standard InChI is InChI=1S/2C17H11ClN2O6S.Ca/c2*18-13-8-10(5-6-14(13)27(24,25)26)19-20-15-11-4-2-1-3-9(11)7-12(16(15)21)17(22)23;/h2*1-8,21H,(H,22,23)(H,24,25,26);/q;;+2/p-2. The van der Waals surface area contributed by atoms with Gasteiger partial charge in [0.15, 0.2) is 5.75 Å². The molecular weight excluding hydrogens is 832 g/mol. The van der Waals surface area contributed by atoms with Crippen molar-refractivity contribution >= 4 is 137 Å². The van der Waals surface area contributed by atoms with Gasteiger partial charge in [0.25, 0.3) is 20.2 Å². The number of rotatable bonds is 8. The van der Waals surface area contributed by atoms with Crippen molar-refractivity contribution in [3.8, 4) is 11.5 Å². The number of aromatic hydroxyl groups is 1. The van der Waals surface area contributed by atoms with E-state index in [1.807, 2.05) is 0 Å². The number of halogens is 2. The first kappa shape index (κ1) is 43.0. The summed E-state index contributed by atoms with van der Waals surface area (Å²) in [4.78, 5) is 21.5. The Bertz CT molecular complexity index is 2610. The van der Waals surface area contributed by atoms with Gasteiger partial charge < -0.3 is 25.2 Å². The summed E-state index contributed by atoms with van der Waals surface area (Å²) in [5.74, 6) is -4.37. The Morgan fingerprint density at radius 2 is 1.04 bits per heavy atom. The third kappa shape index (κ3) is 9.92. The second kappa shape index (κ2) is 17.4. The van der Waals surface area contributed by atoms with Crippen LogP contribution < -0.4 is 10.2 Å². The summed E-state index contributed by atoms with van der Waals surface area (Å²) < 4.78 is 62.7. The van der Waals surface area contributed by atoms with E-state index in [1.165, 1.54) is 24.3 Å². The number of fused-ring (bicyclic) bond motifs is 2. The van der Waals surface area contributed by atoms with E-state index in [1.54, 1.807) is 48.5 Å². The molecule has 0 unspecified atom stereocenters. The summed E-state index contributed by atoms with van der Waals surface area (Å²) in [6.45, 7) is 0. The number of carboxylic acid groups (broad SMARTS) is 2. The Labute approximate surface area is 350 Å². The van der Waals surface area contributed by atoms with Crippen molar-refractivity contribution in [2.24, 2.45) is 20.5 Å². The summed E-state index contributed by atoms with van der Waals surface area (Å²) >= 11 is 11.6. The molecule has 0 aliphatic carbocycles. The minimum Gasteiger partial charge on any atom is -0.871 e. The minimum absolute atomic E-state index is 0. The topological polar surface area (TPSA) is 279 Å². The fourth-order valence-corrected chi connectivity index (χ4v) is 6.91. The summed E-state index contributed by atoms with van der Waals surface area (Å²) in [5, 5.41) is 59.9. The van der Waals surface area contributed by atoms with Gasteiger partial charge in [-0.2, -0.15) is 32.2 Å². The maximum Gasteiger partial charge on any atom is 2.00 e. The molecule has 0 aliphatic heterocycles. The van der Waals surface area contributed by atoms with Crippen molar-refractivity contribution in [2.45, 2.75) is 9.79 Å². The molecule has 0 aliphatic rings. The summed E-state index contributed by atoms with van der Waals surface area (Å²) in [5.41, 5.74) is -0.918. The fourth-order valence-electron chi connectivity index (χ4n) is 4.88. The Hall–Kier alpha value is -4.76. The largest absolute Gasteiger partial charge is 2.00 e. The van der Waals surface area contributed by atoms with Gasteiger partial charge >= 0.3 is 43.7 Å². The number of hydrogen-bond donors (Lipinski definition) is 4. The quantitative estimate of drug-likeness (QED) is 0.0701. The average Bonchev–Trinajstić information content (AvgIpc) is 3.09. The van der Waals surface area contributed by atoms with Crippen molar-refractivity contribution in [3.05, 3.63) is 118 Å². The molecule has 6 aromatic rings. The number of carbonyl (C=O) groups excluding carboxylic acids is 1. The summed E-state index contributed by atoms with van der Waals surface area (Å²) in [7, 11) is -8.97. The minimum atomic E-state index is -4.49. The van der Waals surface area contributed by atoms with E-state index >= 15 is 0 Å². The zero-order valence-electron chi connectivity index (χ0n) is 27.4. The molecular formula is C34H20CaCl2N4O12S2. The van der Waals surface area contributed by atoms with Crippen LogP contribution in [0.4, 0.5) is 22.7 Å². The van der Waals surface area contributed by atoms with E-state index in [2.05, 4.69) is 20.5 Å². The van der Waals surface area contributed by atoms with Crippen molar-refractivity contribution in [2.75, 3.05) is 0 Å². The van der Waals surface area contributed by atoms with Crippen LogP contribution in [0, 0.1) is 0 Å². The van der Waals surface area contributed by atoms with Crippen LogP contribution in [0.5, 0.6) is 11.5 Å². The van der Waals surface area contributed by atoms with E-state index in [-0.39, 0.29) is 76.1 Å². The number of hydrogen-bond acceptors (Lipinski definition) is 13. The Morgan fingerprint density at radius 1 is 0.618 bits per heavy atom. The van der Waals surface area contributed by atoms with E-state index < -0.39 is 59.0 Å². The Balaban J connectivity index is 0.000000240. The van der Waals surface area contributed by atoms with Crippen LogP contribution in [-0.2, 0) is 20.2 Å². The van der Waals surface area contributed by atoms with Crippen LogP contribution in [0.1, 0.15) is 20.7 Å². The normalized spacial score (nSPS) is 11.7. The van der Waals surface area contributed by atoms with Gasteiger partial charge in [-0.05, 0) is 64.9 Å². The molecule has 0 bridgehead atoms. The van der Waals surface area contributed by atoms with E-state index in [0.29, 0.717) is 21.5 Å². The molecule has 55 heavy (non-hydrogen) atoms. The summed E-state index contributed by atoms with van der Waals surface area (Å²) in [6, 6.07) is 22.6. The molecule has 21 heteroatoms. The van der Waals surface area contributed by atoms with Gasteiger partial charge in [0.05, 0.1) is 33.1 Å². The van der Waals surface area contributed by atoms with Crippen molar-refractivity contribution < 1.29 is 56.0 Å². The second-order valence-electron chi connectivity index (χ2n) is 10.8. The van der Waals surface area contributed by atoms with Gasteiger partial charge in [0, 0.05) is 10.8 Å². The molecule has 0 radical (unpaired) electrons. The Morgan fingerprint density at radius 3 is 1.45 bits per heavy atom. The maximum absolute atomic E-state index is 12.4. The molecule has 0 amide bonds. The van der Waals surface area contributed by atoms with E-state index in [4.69, 9.17) is 32.3 Å². The molecule has 0 heterocycles. The van der Waals surface area contributed by atoms with Crippen molar-refractivity contribution in [1.82, 2.24) is 0 Å². The van der Waals surface area contributed by atoms with Gasteiger partial charge in [0.2, 0.25) is 0 Å². The number of nitrogens with zero attached hydrogens (tertiary/aromatic N) is 4. The molecule has 0 spiro atoms. The first-order valence-electron chi connectivity index (χ1n) is 14.7. The second-order valence-corrected chi connectivity index (χ2v) is 14.4. The zero-order valence-corrected chi connectivity index (χ0v) is 32.7. The van der Waals surface area contributed by atoms with Crippen LogP contribution in [-0.4, -0.2) is 85.8 Å². The molecule has 276 valence electrons. The monoisotopic (exact) mass is 850 g/mol. The van der Waals surface area contributed by atoms with Crippen LogP contribution in [0.2, 0.25) is 10.0 Å². The molecule has 6 rings (SSSR count). The number of carbonyl (C=O) groups is 2. The molecule has 4 N–H and O–H groups in total. The molecule has 0 aromatic heterocycles. The predicted molar refractivity (Wildman–Crippen MR) is 197 cm³/mol. The third-order valence-corrected chi connectivity index (χ3v) is 10.0. The average molecular weight is 852 g/mol. The molecule has 6 aromatic carbocycles. The number of carboxylic acids is 2. The van der Waals surface area contributed by atoms with Crippen LogP contribution >= 0.6 is 23.2 Å². The van der Waals surface area contributed by atoms with Gasteiger partial charge in [-0.25, -0.2) is 4.79 Å². The van der Waals surface area contributed by atoms with Crippen LogP contribution in [0.25, 0.3) is 21.5 Å². The van der Waals surface area contributed by atoms with E-state index in [9.17, 15) is 46.9 Å². The predicted octanol–water partition coefficient (Wildman–Crippen LogP) is 6.77. The van der Waals surface area contributed by atoms with Gasteiger partial charge in [-0.3, -0.25) is 9.11 Å². The number of azo groups is 2. The molecule has 0 atom stereocenters. The summed E-state index contributed by atoms with van der Waals surface area (Å²) in [6.07, 6.45) is 0. The van der Waals surface area contributed by atoms with E-state index in [0.717, 1.165) is 24.3 Å². The molecule has 0 saturated heterocycles. The van der Waals surface area contributed by atoms with Crippen LogP contribution in [0.3, 0.4) is 0 Å². The van der Waals surface area contributed by atoms with Crippen LogP contribution in [0.15, 0.2) is 127 Å². The van der Waals surface area contributed by atoms with Crippen molar-refractivity contribution in [3.63, 3.8) is 0 Å². The first-order valence-corrected chi connectivity index (χ1v) is 18.3. The van der Waals surface area contributed by atoms with Gasteiger partial charge in [0.1, 0.15) is 21.0 Å². The molecule has 16 nitrogen and oxygen atoms in total. The number of aromatic carboxylic acids is 2. The molecule has 0 saturated carbocycles. The fraction of sp³-hybridized carbons (Fsp3) is 0. The number of phenols is 1. The Kier molecular flexibility index (Phi) is 13.6. The third-order valence-electron chi connectivity index (χ3n) is 7.34. The smallest absolute Gasteiger partial charge is 0.871 e. The van der Waals surface area contributed by atoms with Crippen molar-refractivity contribution in [1.29, 1.82) is 0 Å². The zero-order chi connectivity index (χ0) is 39.5. The van der Waals surface area contributed by atoms with Gasteiger partial charge in [-0.1, -0.05) is 77.5 Å². The van der Waals surface area contributed by atoms with Gasteiger partial charge in [-0.15, -0.1) is 5.11 Å². The maximum atomic E-state index is 12.4. The number of benzene rings is 6. The first-order chi connectivity index (χ1) is 25.4. The molecule has 0 fully saturated rings.